The summed E-state index contributed by atoms with van der Waals surface area (Å²) in [6.07, 6.45) is 8.19. The minimum atomic E-state index is 1.17. The zero-order valence-corrected chi connectivity index (χ0v) is 9.17. The number of nitrogens with one attached hydrogen (secondary N) is 1. The van der Waals surface area contributed by atoms with Gasteiger partial charge in [0.15, 0.2) is 0 Å². The number of rotatable bonds is 0. The third kappa shape index (κ3) is 1.05. The van der Waals surface area contributed by atoms with E-state index >= 15 is 0 Å². The number of hydrogen-bond donors (Lipinski definition) is 1. The van der Waals surface area contributed by atoms with Crippen LogP contribution in [0.25, 0.3) is 11.4 Å². The fraction of sp³-hybridized carbons (Fsp3) is 0. The quantitative estimate of drug-likeness (QED) is 0.738. The Morgan fingerprint density at radius 2 is 1.82 bits per heavy atom. The van der Waals surface area contributed by atoms with E-state index in [-0.39, 0.29) is 0 Å². The molecule has 3 nitrogen and oxygen atoms in total. The van der Waals surface area contributed by atoms with Gasteiger partial charge in [-0.05, 0) is 36.4 Å². The van der Waals surface area contributed by atoms with Crippen molar-refractivity contribution in [3.05, 3.63) is 66.6 Å². The summed E-state index contributed by atoms with van der Waals surface area (Å²) in [5.74, 6) is 0. The van der Waals surface area contributed by atoms with Gasteiger partial charge in [0.2, 0.25) is 0 Å². The van der Waals surface area contributed by atoms with Crippen molar-refractivity contribution < 1.29 is 0 Å². The molecule has 1 aromatic heterocycles. The summed E-state index contributed by atoms with van der Waals surface area (Å²) in [6, 6.07) is 12.6. The molecule has 1 aromatic carbocycles. The molecule has 0 aliphatic carbocycles. The van der Waals surface area contributed by atoms with E-state index in [1.165, 1.54) is 22.8 Å². The highest BCUT2D eigenvalue weighted by Crippen LogP contribution is 2.37. The summed E-state index contributed by atoms with van der Waals surface area (Å²) in [7, 11) is 0. The minimum Gasteiger partial charge on any atom is -0.313 e. The van der Waals surface area contributed by atoms with Gasteiger partial charge in [-0.3, -0.25) is 5.01 Å². The van der Waals surface area contributed by atoms with Crippen LogP contribution in [-0.4, -0.2) is 4.57 Å². The maximum atomic E-state index is 3.28. The van der Waals surface area contributed by atoms with Crippen molar-refractivity contribution in [3.8, 4) is 5.69 Å². The van der Waals surface area contributed by atoms with Crippen molar-refractivity contribution in [2.24, 2.45) is 0 Å². The maximum absolute atomic E-state index is 3.28. The summed E-state index contributed by atoms with van der Waals surface area (Å²) >= 11 is 0. The first-order chi connectivity index (χ1) is 8.45. The molecule has 0 bridgehead atoms. The predicted octanol–water partition coefficient (Wildman–Crippen LogP) is 2.67. The molecule has 82 valence electrons. The van der Waals surface area contributed by atoms with Gasteiger partial charge in [0.05, 0.1) is 22.8 Å². The maximum Gasteiger partial charge on any atom is 0.0872 e. The second kappa shape index (κ2) is 3.04. The average molecular weight is 221 g/mol. The standard InChI is InChI=1S/C14H11N3/c1-2-6-13-11(5-1)16-10-4-8-12(16)14-7-3-9-15-17(13)14/h1-10,15H. The lowest BCUT2D eigenvalue weighted by atomic mass is 10.1. The fourth-order valence-corrected chi connectivity index (χ4v) is 2.46. The van der Waals surface area contributed by atoms with Crippen LogP contribution < -0.4 is 10.4 Å². The molecule has 0 amide bonds. The molecule has 0 fully saturated rings. The van der Waals surface area contributed by atoms with Crippen molar-refractivity contribution in [3.63, 3.8) is 0 Å². The van der Waals surface area contributed by atoms with Crippen LogP contribution in [0, 0.1) is 0 Å². The van der Waals surface area contributed by atoms with E-state index in [0.29, 0.717) is 0 Å². The Hall–Kier alpha value is -2.42. The Morgan fingerprint density at radius 1 is 0.941 bits per heavy atom. The van der Waals surface area contributed by atoms with Gasteiger partial charge in [0, 0.05) is 12.4 Å². The monoisotopic (exact) mass is 221 g/mol. The number of allylic oxidation sites excluding steroid dienone is 2. The smallest absolute Gasteiger partial charge is 0.0872 e. The van der Waals surface area contributed by atoms with E-state index < -0.39 is 0 Å². The minimum absolute atomic E-state index is 1.17. The number of nitrogens with zero attached hydrogens (tertiary/aromatic N) is 2. The predicted molar refractivity (Wildman–Crippen MR) is 68.5 cm³/mol. The van der Waals surface area contributed by atoms with Crippen LogP contribution in [0.4, 0.5) is 5.69 Å². The fourth-order valence-electron chi connectivity index (χ4n) is 2.46. The van der Waals surface area contributed by atoms with Gasteiger partial charge >= 0.3 is 0 Å². The topological polar surface area (TPSA) is 20.2 Å². The molecule has 17 heavy (non-hydrogen) atoms. The van der Waals surface area contributed by atoms with Crippen molar-refractivity contribution in [2.45, 2.75) is 0 Å². The molecule has 2 aliphatic rings. The number of hydrogen-bond acceptors (Lipinski definition) is 2. The Labute approximate surface area is 99.3 Å². The summed E-state index contributed by atoms with van der Waals surface area (Å²) in [6.45, 7) is 0. The Balaban J connectivity index is 2.08. The van der Waals surface area contributed by atoms with Gasteiger partial charge in [-0.2, -0.15) is 0 Å². The van der Waals surface area contributed by atoms with Crippen molar-refractivity contribution in [1.29, 1.82) is 0 Å². The van der Waals surface area contributed by atoms with Crippen LogP contribution in [0.2, 0.25) is 0 Å². The Morgan fingerprint density at radius 3 is 2.76 bits per heavy atom. The zero-order chi connectivity index (χ0) is 11.2. The summed E-state index contributed by atoms with van der Waals surface area (Å²) < 4.78 is 2.22. The van der Waals surface area contributed by atoms with E-state index in [1.54, 1.807) is 0 Å². The molecule has 0 saturated carbocycles. The van der Waals surface area contributed by atoms with E-state index in [0.717, 1.165) is 0 Å². The zero-order valence-electron chi connectivity index (χ0n) is 9.17. The highest BCUT2D eigenvalue weighted by molar-refractivity contribution is 5.87. The van der Waals surface area contributed by atoms with Gasteiger partial charge in [-0.25, -0.2) is 0 Å². The van der Waals surface area contributed by atoms with Crippen LogP contribution in [0.1, 0.15) is 5.69 Å². The lowest BCUT2D eigenvalue weighted by Crippen LogP contribution is -2.38. The second-order valence-electron chi connectivity index (χ2n) is 4.13. The number of aromatic nitrogens is 1. The molecule has 0 saturated heterocycles. The number of hydrazine groups is 1. The van der Waals surface area contributed by atoms with Gasteiger partial charge in [0.25, 0.3) is 0 Å². The van der Waals surface area contributed by atoms with E-state index in [2.05, 4.69) is 63.7 Å². The first-order valence-corrected chi connectivity index (χ1v) is 5.65. The molecular formula is C14H11N3. The Bertz CT molecular complexity index is 649. The van der Waals surface area contributed by atoms with Gasteiger partial charge < -0.3 is 9.99 Å². The van der Waals surface area contributed by atoms with Crippen molar-refractivity contribution in [2.75, 3.05) is 5.01 Å². The number of para-hydroxylation sites is 2. The van der Waals surface area contributed by atoms with Crippen LogP contribution in [0.5, 0.6) is 0 Å². The van der Waals surface area contributed by atoms with Crippen LogP contribution in [-0.2, 0) is 0 Å². The molecule has 0 spiro atoms. The highest BCUT2D eigenvalue weighted by Gasteiger charge is 2.25. The SMILES string of the molecule is C1=CNN2C(=C1)c1cccn1-c1ccccc12. The molecule has 0 unspecified atom stereocenters. The van der Waals surface area contributed by atoms with Gasteiger partial charge in [0.1, 0.15) is 0 Å². The summed E-state index contributed by atoms with van der Waals surface area (Å²) in [4.78, 5) is 0. The summed E-state index contributed by atoms with van der Waals surface area (Å²) in [5, 5.41) is 2.12. The largest absolute Gasteiger partial charge is 0.313 e. The molecular weight excluding hydrogens is 210 g/mol. The molecule has 3 heterocycles. The normalized spacial score (nSPS) is 15.5. The number of benzene rings is 1. The first-order valence-electron chi connectivity index (χ1n) is 5.65. The highest BCUT2D eigenvalue weighted by atomic mass is 15.5. The average Bonchev–Trinajstić information content (AvgIpc) is 2.89. The van der Waals surface area contributed by atoms with Crippen LogP contribution in [0.3, 0.4) is 0 Å². The molecule has 1 N–H and O–H groups in total. The van der Waals surface area contributed by atoms with Crippen molar-refractivity contribution >= 4 is 11.4 Å². The third-order valence-electron chi connectivity index (χ3n) is 3.19. The molecule has 3 heteroatoms. The first kappa shape index (κ1) is 8.70. The molecule has 2 aliphatic heterocycles. The third-order valence-corrected chi connectivity index (χ3v) is 3.19. The Kier molecular flexibility index (Phi) is 1.56. The van der Waals surface area contributed by atoms with E-state index in [4.69, 9.17) is 0 Å². The number of fused-ring (bicyclic) bond motifs is 6. The van der Waals surface area contributed by atoms with Gasteiger partial charge in [-0.15, -0.1) is 0 Å². The van der Waals surface area contributed by atoms with E-state index in [1.807, 2.05) is 12.3 Å². The molecule has 4 rings (SSSR count). The lowest BCUT2D eigenvalue weighted by Gasteiger charge is -2.35. The molecule has 2 aromatic rings. The molecule has 0 atom stereocenters. The summed E-state index contributed by atoms with van der Waals surface area (Å²) in [5.41, 5.74) is 8.04. The second-order valence-corrected chi connectivity index (χ2v) is 4.13. The van der Waals surface area contributed by atoms with Crippen LogP contribution >= 0.6 is 0 Å². The van der Waals surface area contributed by atoms with Crippen LogP contribution in [0.15, 0.2) is 60.9 Å². The molecule has 0 radical (unpaired) electrons. The van der Waals surface area contributed by atoms with Crippen molar-refractivity contribution in [1.82, 2.24) is 9.99 Å². The number of anilines is 1. The van der Waals surface area contributed by atoms with E-state index in [9.17, 15) is 0 Å². The lowest BCUT2D eigenvalue weighted by molar-refractivity contribution is 0.840. The van der Waals surface area contributed by atoms with Gasteiger partial charge in [-0.1, -0.05) is 12.1 Å².